The molecule has 1 heterocycles. The number of hydrogen-bond donors (Lipinski definition) is 1. The average Bonchev–Trinajstić information content (AvgIpc) is 2.78. The second-order valence-electron chi connectivity index (χ2n) is 5.60. The molecule has 1 aliphatic heterocycles. The molecule has 0 aliphatic carbocycles. The molecule has 4 nitrogen and oxygen atoms in total. The molecule has 22 heavy (non-hydrogen) atoms. The number of rotatable bonds is 4. The molecule has 0 spiro atoms. The van der Waals surface area contributed by atoms with Crippen LogP contribution in [0.1, 0.15) is 23.7 Å². The van der Waals surface area contributed by atoms with Crippen LogP contribution in [0.15, 0.2) is 24.3 Å². The summed E-state index contributed by atoms with van der Waals surface area (Å²) in [5.74, 6) is 0.0639. The summed E-state index contributed by atoms with van der Waals surface area (Å²) in [4.78, 5) is 1.61. The fraction of sp³-hybridized carbons (Fsp3) is 0.571. The highest BCUT2D eigenvalue weighted by molar-refractivity contribution is 7.91. The van der Waals surface area contributed by atoms with Gasteiger partial charge in [0, 0.05) is 12.6 Å². The summed E-state index contributed by atoms with van der Waals surface area (Å²) in [6, 6.07) is 4.61. The second-order valence-corrected chi connectivity index (χ2v) is 7.83. The molecule has 0 aromatic heterocycles. The standard InChI is InChI=1S/C14H18F3NO3S/c1-18(10-6-7-22(20,21)9-10)8-13(19)11-4-2-3-5-12(11)14(15,16)17/h2-5,10,13,19H,6-9H2,1H3/t10-,13-/m0/s1. The topological polar surface area (TPSA) is 57.6 Å². The fourth-order valence-electron chi connectivity index (χ4n) is 2.69. The molecule has 1 saturated heterocycles. The zero-order valence-electron chi connectivity index (χ0n) is 12.0. The molecule has 124 valence electrons. The van der Waals surface area contributed by atoms with Crippen LogP contribution < -0.4 is 0 Å². The van der Waals surface area contributed by atoms with E-state index in [4.69, 9.17) is 0 Å². The van der Waals surface area contributed by atoms with Gasteiger partial charge in [-0.15, -0.1) is 0 Å². The van der Waals surface area contributed by atoms with Gasteiger partial charge in [0.15, 0.2) is 9.84 Å². The Morgan fingerprint density at radius 2 is 2.00 bits per heavy atom. The van der Waals surface area contributed by atoms with Crippen molar-refractivity contribution >= 4 is 9.84 Å². The number of benzene rings is 1. The van der Waals surface area contributed by atoms with Crippen molar-refractivity contribution in [2.24, 2.45) is 0 Å². The van der Waals surface area contributed by atoms with Gasteiger partial charge in [-0.2, -0.15) is 13.2 Å². The van der Waals surface area contributed by atoms with Gasteiger partial charge in [-0.25, -0.2) is 8.42 Å². The molecule has 0 radical (unpaired) electrons. The highest BCUT2D eigenvalue weighted by Crippen LogP contribution is 2.34. The van der Waals surface area contributed by atoms with Gasteiger partial charge in [-0.1, -0.05) is 18.2 Å². The largest absolute Gasteiger partial charge is 0.416 e. The number of sulfone groups is 1. The van der Waals surface area contributed by atoms with Crippen molar-refractivity contribution in [3.05, 3.63) is 35.4 Å². The number of halogens is 3. The van der Waals surface area contributed by atoms with Crippen molar-refractivity contribution < 1.29 is 26.7 Å². The number of aliphatic hydroxyl groups is 1. The van der Waals surface area contributed by atoms with Crippen LogP contribution >= 0.6 is 0 Å². The van der Waals surface area contributed by atoms with E-state index in [0.29, 0.717) is 6.42 Å². The molecule has 1 fully saturated rings. The predicted octanol–water partition coefficient (Wildman–Crippen LogP) is 1.86. The van der Waals surface area contributed by atoms with Crippen molar-refractivity contribution in [3.8, 4) is 0 Å². The van der Waals surface area contributed by atoms with Crippen LogP contribution in [0.3, 0.4) is 0 Å². The van der Waals surface area contributed by atoms with Crippen LogP contribution in [0.2, 0.25) is 0 Å². The SMILES string of the molecule is CN(C[C@H](O)c1ccccc1C(F)(F)F)[C@H]1CCS(=O)(=O)C1. The maximum atomic E-state index is 12.9. The van der Waals surface area contributed by atoms with Crippen molar-refractivity contribution in [3.63, 3.8) is 0 Å². The number of likely N-dealkylation sites (N-methyl/N-ethyl adjacent to an activating group) is 1. The maximum Gasteiger partial charge on any atom is 0.416 e. The molecule has 8 heteroatoms. The molecule has 0 unspecified atom stereocenters. The highest BCUT2D eigenvalue weighted by atomic mass is 32.2. The molecule has 1 aliphatic rings. The monoisotopic (exact) mass is 337 g/mol. The van der Waals surface area contributed by atoms with Crippen LogP contribution in [-0.2, 0) is 16.0 Å². The molecule has 2 atom stereocenters. The summed E-state index contributed by atoms with van der Waals surface area (Å²) in [7, 11) is -1.46. The summed E-state index contributed by atoms with van der Waals surface area (Å²) in [6.07, 6.45) is -5.43. The van der Waals surface area contributed by atoms with E-state index in [2.05, 4.69) is 0 Å². The van der Waals surface area contributed by atoms with E-state index < -0.39 is 27.7 Å². The van der Waals surface area contributed by atoms with Crippen LogP contribution in [0.25, 0.3) is 0 Å². The van der Waals surface area contributed by atoms with Gasteiger partial charge >= 0.3 is 6.18 Å². The Morgan fingerprint density at radius 3 is 2.55 bits per heavy atom. The third-order valence-corrected chi connectivity index (χ3v) is 5.67. The number of alkyl halides is 3. The number of hydrogen-bond acceptors (Lipinski definition) is 4. The van der Waals surface area contributed by atoms with E-state index in [-0.39, 0.29) is 29.7 Å². The van der Waals surface area contributed by atoms with Crippen molar-refractivity contribution in [1.82, 2.24) is 4.90 Å². The minimum Gasteiger partial charge on any atom is -0.387 e. The Kier molecular flexibility index (Phi) is 4.84. The maximum absolute atomic E-state index is 12.9. The van der Waals surface area contributed by atoms with E-state index >= 15 is 0 Å². The lowest BCUT2D eigenvalue weighted by Gasteiger charge is -2.27. The highest BCUT2D eigenvalue weighted by Gasteiger charge is 2.36. The summed E-state index contributed by atoms with van der Waals surface area (Å²) in [5, 5.41) is 10.1. The van der Waals surface area contributed by atoms with E-state index in [9.17, 15) is 26.7 Å². The first-order chi connectivity index (χ1) is 10.1. The summed E-state index contributed by atoms with van der Waals surface area (Å²) in [5.41, 5.74) is -1.06. The molecular weight excluding hydrogens is 319 g/mol. The van der Waals surface area contributed by atoms with E-state index in [1.54, 1.807) is 11.9 Å². The van der Waals surface area contributed by atoms with Crippen molar-refractivity contribution in [2.45, 2.75) is 24.7 Å². The molecule has 2 rings (SSSR count). The lowest BCUT2D eigenvalue weighted by molar-refractivity contribution is -0.139. The fourth-order valence-corrected chi connectivity index (χ4v) is 4.49. The van der Waals surface area contributed by atoms with Gasteiger partial charge in [-0.3, -0.25) is 4.90 Å². The van der Waals surface area contributed by atoms with Gasteiger partial charge in [0.1, 0.15) is 0 Å². The molecule has 1 aromatic rings. The van der Waals surface area contributed by atoms with Gasteiger partial charge in [0.05, 0.1) is 23.2 Å². The number of aliphatic hydroxyl groups excluding tert-OH is 1. The third kappa shape index (κ3) is 3.99. The van der Waals surface area contributed by atoms with E-state index in [1.165, 1.54) is 18.2 Å². The molecule has 0 bridgehead atoms. The van der Waals surface area contributed by atoms with Crippen LogP contribution in [0.4, 0.5) is 13.2 Å². The zero-order chi connectivity index (χ0) is 16.5. The molecule has 1 aromatic carbocycles. The van der Waals surface area contributed by atoms with Crippen LogP contribution in [-0.4, -0.2) is 49.6 Å². The Balaban J connectivity index is 2.11. The minimum atomic E-state index is -4.53. The predicted molar refractivity (Wildman–Crippen MR) is 76.1 cm³/mol. The van der Waals surface area contributed by atoms with Crippen molar-refractivity contribution in [1.29, 1.82) is 0 Å². The molecule has 0 amide bonds. The Morgan fingerprint density at radius 1 is 1.36 bits per heavy atom. The van der Waals surface area contributed by atoms with Gasteiger partial charge in [0.25, 0.3) is 0 Å². The molecule has 0 saturated carbocycles. The zero-order valence-corrected chi connectivity index (χ0v) is 12.9. The Hall–Kier alpha value is -1.12. The van der Waals surface area contributed by atoms with Gasteiger partial charge < -0.3 is 5.11 Å². The lowest BCUT2D eigenvalue weighted by atomic mass is 10.0. The van der Waals surface area contributed by atoms with Gasteiger partial charge in [-0.05, 0) is 25.1 Å². The van der Waals surface area contributed by atoms with E-state index in [1.807, 2.05) is 0 Å². The molecular formula is C14H18F3NO3S. The van der Waals surface area contributed by atoms with Crippen LogP contribution in [0, 0.1) is 0 Å². The summed E-state index contributed by atoms with van der Waals surface area (Å²) < 4.78 is 61.7. The second kappa shape index (κ2) is 6.17. The first-order valence-corrected chi connectivity index (χ1v) is 8.67. The van der Waals surface area contributed by atoms with Gasteiger partial charge in [0.2, 0.25) is 0 Å². The quantitative estimate of drug-likeness (QED) is 0.911. The first-order valence-electron chi connectivity index (χ1n) is 6.85. The first kappa shape index (κ1) is 17.2. The molecule has 1 N–H and O–H groups in total. The van der Waals surface area contributed by atoms with E-state index in [0.717, 1.165) is 6.07 Å². The minimum absolute atomic E-state index is 0.0167. The van der Waals surface area contributed by atoms with Crippen LogP contribution in [0.5, 0.6) is 0 Å². The normalized spacial score (nSPS) is 22.9. The Labute approximate surface area is 127 Å². The van der Waals surface area contributed by atoms with Crippen molar-refractivity contribution in [2.75, 3.05) is 25.1 Å². The summed E-state index contributed by atoms with van der Waals surface area (Å²) >= 11 is 0. The smallest absolute Gasteiger partial charge is 0.387 e. The lowest BCUT2D eigenvalue weighted by Crippen LogP contribution is -2.36. The number of nitrogens with zero attached hydrogens (tertiary/aromatic N) is 1. The summed E-state index contributed by atoms with van der Waals surface area (Å²) in [6.45, 7) is -0.0483. The average molecular weight is 337 g/mol. The Bertz CT molecular complexity index is 630. The third-order valence-electron chi connectivity index (χ3n) is 3.92.